The molecular weight excluding hydrogens is 194 g/mol. The fourth-order valence-corrected chi connectivity index (χ4v) is 4.33. The van der Waals surface area contributed by atoms with Gasteiger partial charge < -0.3 is 0 Å². The van der Waals surface area contributed by atoms with Gasteiger partial charge in [0.25, 0.3) is 0 Å². The average molecular weight is 197 g/mol. The molecule has 0 radical (unpaired) electrons. The molecule has 0 fully saturated rings. The van der Waals surface area contributed by atoms with Crippen LogP contribution in [-0.4, -0.2) is 29.0 Å². The van der Waals surface area contributed by atoms with Crippen LogP contribution in [-0.2, 0) is 0 Å². The van der Waals surface area contributed by atoms with Crippen LogP contribution in [0.3, 0.4) is 0 Å². The Morgan fingerprint density at radius 3 is 2.80 bits per heavy atom. The first-order chi connectivity index (χ1) is 2.50. The first-order valence-electron chi connectivity index (χ1n) is 1.28. The van der Waals surface area contributed by atoms with Crippen molar-refractivity contribution in [2.75, 3.05) is 0 Å². The second-order valence-electron chi connectivity index (χ2n) is 0.641. The van der Waals surface area contributed by atoms with Crippen molar-refractivity contribution in [1.82, 2.24) is 0 Å². The molecule has 0 amide bonds. The molecule has 1 heterocycles. The summed E-state index contributed by atoms with van der Waals surface area (Å²) in [6, 6.07) is 0. The molecule has 0 atom stereocenters. The Labute approximate surface area is 43.0 Å². The van der Waals surface area contributed by atoms with E-state index in [1.54, 1.807) is 0 Å². The molecule has 1 aromatic heterocycles. The van der Waals surface area contributed by atoms with Gasteiger partial charge in [0.15, 0.2) is 0 Å². The zero-order chi connectivity index (χ0) is 3.54. The fourth-order valence-electron chi connectivity index (χ4n) is 0.160. The molecule has 1 rings (SSSR count). The number of hydrogen-bond acceptors (Lipinski definition) is 0. The van der Waals surface area contributed by atoms with Gasteiger partial charge in [-0.2, -0.15) is 0 Å². The zero-order valence-corrected chi connectivity index (χ0v) is 5.97. The van der Waals surface area contributed by atoms with Gasteiger partial charge >= 0.3 is 42.7 Å². The van der Waals surface area contributed by atoms with Crippen molar-refractivity contribution in [3.8, 4) is 0 Å². The molecule has 2 heteroatoms. The number of rotatable bonds is 0. The number of hydrogen-bond donors (Lipinski definition) is 0. The Morgan fingerprint density at radius 2 is 2.60 bits per heavy atom. The maximum absolute atomic E-state index is 2.38. The van der Waals surface area contributed by atoms with Gasteiger partial charge in [-0.05, 0) is 0 Å². The van der Waals surface area contributed by atoms with Gasteiger partial charge in [-0.3, -0.25) is 0 Å². The summed E-state index contributed by atoms with van der Waals surface area (Å²) in [4.78, 5) is 4.54. The molecule has 0 nitrogen and oxygen atoms in total. The minimum atomic E-state index is 0.792. The predicted octanol–water partition coefficient (Wildman–Crippen LogP) is 0.0817. The summed E-state index contributed by atoms with van der Waals surface area (Å²) in [7, 11) is 0. The van der Waals surface area contributed by atoms with Crippen LogP contribution in [0.5, 0.6) is 0 Å². The van der Waals surface area contributed by atoms with Crippen LogP contribution in [0.25, 0.3) is 0 Å². The molecule has 0 aliphatic heterocycles. The first kappa shape index (κ1) is 3.83. The van der Waals surface area contributed by atoms with Crippen molar-refractivity contribution in [3.05, 3.63) is 13.7 Å². The summed E-state index contributed by atoms with van der Waals surface area (Å²) in [5.41, 5.74) is 0. The summed E-state index contributed by atoms with van der Waals surface area (Å²) in [6.45, 7) is 0. The van der Waals surface area contributed by atoms with E-state index in [1.165, 1.54) is 0 Å². The molecule has 0 unspecified atom stereocenters. The summed E-state index contributed by atoms with van der Waals surface area (Å²) >= 11 is 1.58. The predicted molar refractivity (Wildman–Crippen MR) is 24.7 cm³/mol. The van der Waals surface area contributed by atoms with Gasteiger partial charge in [0.1, 0.15) is 0 Å². The Bertz CT molecular complexity index is 61.4. The van der Waals surface area contributed by atoms with E-state index in [0.29, 0.717) is 0 Å². The molecule has 0 bridgehead atoms. The van der Waals surface area contributed by atoms with Gasteiger partial charge in [-0.25, -0.2) is 0 Å². The maximum atomic E-state index is 2.38. The molecule has 0 aliphatic rings. The Kier molecular flexibility index (Phi) is 1.48. The Balaban J connectivity index is 3.13. The summed E-state index contributed by atoms with van der Waals surface area (Å²) in [5, 5.41) is 0. The van der Waals surface area contributed by atoms with E-state index in [0.717, 1.165) is 29.0 Å². The van der Waals surface area contributed by atoms with Crippen LogP contribution >= 0.6 is 0 Å². The van der Waals surface area contributed by atoms with Crippen LogP contribution in [0.15, 0.2) is 13.7 Å². The van der Waals surface area contributed by atoms with Crippen LogP contribution in [0.2, 0.25) is 0 Å². The van der Waals surface area contributed by atoms with Crippen LogP contribution in [0.4, 0.5) is 0 Å². The topological polar surface area (TPSA) is 0 Å². The Morgan fingerprint density at radius 1 is 1.60 bits per heavy atom. The van der Waals surface area contributed by atoms with Gasteiger partial charge in [-0.15, -0.1) is 0 Å². The second-order valence-corrected chi connectivity index (χ2v) is 5.43. The zero-order valence-electron chi connectivity index (χ0n) is 2.55. The summed E-state index contributed by atoms with van der Waals surface area (Å²) in [5.74, 6) is 0. The monoisotopic (exact) mass is 199 g/mol. The molecule has 0 saturated heterocycles. The van der Waals surface area contributed by atoms with Gasteiger partial charge in [0.2, 0.25) is 0 Å². The molecule has 5 heavy (non-hydrogen) atoms. The standard InChI is InChI=1S/C3H3Se2/c1-2-5-3-4-1/h1-3H/q+1. The van der Waals surface area contributed by atoms with Crippen molar-refractivity contribution < 1.29 is 0 Å². The van der Waals surface area contributed by atoms with Gasteiger partial charge in [0.05, 0.1) is 0 Å². The molecule has 0 aliphatic carbocycles. The fraction of sp³-hybridized carbons (Fsp3) is 0. The summed E-state index contributed by atoms with van der Waals surface area (Å²) in [6.07, 6.45) is 0. The van der Waals surface area contributed by atoms with E-state index in [2.05, 4.69) is 13.7 Å². The van der Waals surface area contributed by atoms with Crippen molar-refractivity contribution in [2.45, 2.75) is 0 Å². The first-order valence-corrected chi connectivity index (χ1v) is 5.23. The molecule has 26 valence electrons. The quantitative estimate of drug-likeness (QED) is 0.516. The van der Waals surface area contributed by atoms with E-state index in [9.17, 15) is 0 Å². The van der Waals surface area contributed by atoms with Crippen LogP contribution < -0.4 is 0 Å². The second kappa shape index (κ2) is 1.94. The molecular formula is C3H3Se2+. The van der Waals surface area contributed by atoms with Crippen LogP contribution in [0.1, 0.15) is 0 Å². The van der Waals surface area contributed by atoms with E-state index in [4.69, 9.17) is 0 Å². The average Bonchev–Trinajstić information content (AvgIpc) is 1.76. The molecule has 1 aromatic rings. The SMILES string of the molecule is c1c[se+]c[se]1. The molecule has 0 spiro atoms. The van der Waals surface area contributed by atoms with Crippen LogP contribution in [0, 0.1) is 0 Å². The van der Waals surface area contributed by atoms with Crippen molar-refractivity contribution in [1.29, 1.82) is 0 Å². The van der Waals surface area contributed by atoms with Crippen molar-refractivity contribution in [2.24, 2.45) is 0 Å². The van der Waals surface area contributed by atoms with Crippen molar-refractivity contribution >= 4 is 29.0 Å². The Hall–Kier alpha value is 0.649. The van der Waals surface area contributed by atoms with Gasteiger partial charge in [-0.1, -0.05) is 0 Å². The third-order valence-electron chi connectivity index (χ3n) is 0.324. The van der Waals surface area contributed by atoms with Gasteiger partial charge in [0, 0.05) is 0 Å². The molecule has 0 N–H and O–H groups in total. The third-order valence-corrected chi connectivity index (χ3v) is 5.32. The minimum absolute atomic E-state index is 0.792. The molecule has 0 aromatic carbocycles. The summed E-state index contributed by atoms with van der Waals surface area (Å²) < 4.78 is 2.38. The van der Waals surface area contributed by atoms with E-state index in [-0.39, 0.29) is 0 Å². The third kappa shape index (κ3) is 1.02. The normalized spacial score (nSPS) is 8.00. The molecule has 0 saturated carbocycles. The van der Waals surface area contributed by atoms with Crippen molar-refractivity contribution in [3.63, 3.8) is 0 Å². The van der Waals surface area contributed by atoms with E-state index >= 15 is 0 Å². The van der Waals surface area contributed by atoms with E-state index < -0.39 is 0 Å². The van der Waals surface area contributed by atoms with E-state index in [1.807, 2.05) is 0 Å².